The van der Waals surface area contributed by atoms with Gasteiger partial charge in [0.2, 0.25) is 5.91 Å². The van der Waals surface area contributed by atoms with Crippen LogP contribution in [0, 0.1) is 5.41 Å². The number of hydrogen-bond donors (Lipinski definition) is 2. The molecule has 0 aromatic carbocycles. The Balaban J connectivity index is 1.64. The van der Waals surface area contributed by atoms with Crippen molar-refractivity contribution in [3.05, 3.63) is 18.7 Å². The van der Waals surface area contributed by atoms with Gasteiger partial charge >= 0.3 is 0 Å². The number of rotatable bonds is 6. The molecule has 1 aromatic rings. The van der Waals surface area contributed by atoms with Gasteiger partial charge in [0.25, 0.3) is 0 Å². The van der Waals surface area contributed by atoms with Gasteiger partial charge < -0.3 is 15.6 Å². The van der Waals surface area contributed by atoms with Crippen LogP contribution in [0.1, 0.15) is 39.0 Å². The fraction of sp³-hybridized carbons (Fsp3) is 0.714. The Labute approximate surface area is 114 Å². The van der Waals surface area contributed by atoms with E-state index < -0.39 is 0 Å². The molecule has 0 aliphatic heterocycles. The van der Waals surface area contributed by atoms with Gasteiger partial charge in [-0.05, 0) is 32.6 Å². The van der Waals surface area contributed by atoms with Crippen LogP contribution in [-0.2, 0) is 11.3 Å². The largest absolute Gasteiger partial charge is 0.356 e. The van der Waals surface area contributed by atoms with E-state index in [4.69, 9.17) is 5.73 Å². The zero-order chi connectivity index (χ0) is 13.7. The zero-order valence-electron chi connectivity index (χ0n) is 11.6. The van der Waals surface area contributed by atoms with Gasteiger partial charge in [0.1, 0.15) is 0 Å². The number of imidazole rings is 1. The van der Waals surface area contributed by atoms with Crippen molar-refractivity contribution < 1.29 is 4.79 Å². The summed E-state index contributed by atoms with van der Waals surface area (Å²) in [6.45, 7) is 3.67. The van der Waals surface area contributed by atoms with Crippen molar-refractivity contribution in [2.24, 2.45) is 11.1 Å². The van der Waals surface area contributed by atoms with Crippen LogP contribution in [0.15, 0.2) is 18.7 Å². The number of nitrogens with zero attached hydrogens (tertiary/aromatic N) is 2. The number of aromatic nitrogens is 2. The molecule has 19 heavy (non-hydrogen) atoms. The first-order valence-electron chi connectivity index (χ1n) is 7.12. The van der Waals surface area contributed by atoms with Crippen LogP contribution in [0.25, 0.3) is 0 Å². The molecule has 0 bridgehead atoms. The van der Waals surface area contributed by atoms with Gasteiger partial charge in [0.05, 0.1) is 11.7 Å². The molecule has 3 N–H and O–H groups in total. The highest BCUT2D eigenvalue weighted by atomic mass is 16.2. The lowest BCUT2D eigenvalue weighted by Gasteiger charge is -2.27. The van der Waals surface area contributed by atoms with Gasteiger partial charge in [-0.2, -0.15) is 0 Å². The maximum Gasteiger partial charge on any atom is 0.227 e. The van der Waals surface area contributed by atoms with E-state index in [2.05, 4.69) is 14.9 Å². The van der Waals surface area contributed by atoms with Crippen molar-refractivity contribution in [3.8, 4) is 0 Å². The maximum absolute atomic E-state index is 12.2. The SMILES string of the molecule is CC1(C(=O)NCCCCn2ccnc2)CCCC1N. The number of amides is 1. The van der Waals surface area contributed by atoms with E-state index in [1.54, 1.807) is 6.20 Å². The predicted molar refractivity (Wildman–Crippen MR) is 74.4 cm³/mol. The van der Waals surface area contributed by atoms with Gasteiger partial charge in [-0.25, -0.2) is 4.98 Å². The molecule has 2 unspecified atom stereocenters. The molecule has 5 nitrogen and oxygen atoms in total. The van der Waals surface area contributed by atoms with Crippen molar-refractivity contribution in [1.82, 2.24) is 14.9 Å². The maximum atomic E-state index is 12.2. The Morgan fingerprint density at radius 1 is 1.58 bits per heavy atom. The molecular weight excluding hydrogens is 240 g/mol. The third-order valence-corrected chi connectivity index (χ3v) is 4.24. The molecule has 0 spiro atoms. The third-order valence-electron chi connectivity index (χ3n) is 4.24. The van der Waals surface area contributed by atoms with Gasteiger partial charge in [-0.15, -0.1) is 0 Å². The Bertz CT molecular complexity index is 404. The van der Waals surface area contributed by atoms with Gasteiger partial charge in [0.15, 0.2) is 0 Å². The third kappa shape index (κ3) is 3.35. The highest BCUT2D eigenvalue weighted by molar-refractivity contribution is 5.83. The summed E-state index contributed by atoms with van der Waals surface area (Å²) in [5.41, 5.74) is 5.68. The standard InChI is InChI=1S/C14H24N4O/c1-14(6-4-5-12(14)15)13(19)17-7-2-3-9-18-10-8-16-11-18/h8,10-12H,2-7,9,15H2,1H3,(H,17,19). The number of carbonyl (C=O) groups excluding carboxylic acids is 1. The number of aryl methyl sites for hydroxylation is 1. The molecule has 1 fully saturated rings. The number of carbonyl (C=O) groups is 1. The highest BCUT2D eigenvalue weighted by Crippen LogP contribution is 2.36. The van der Waals surface area contributed by atoms with Gasteiger partial charge in [-0.1, -0.05) is 6.42 Å². The summed E-state index contributed by atoms with van der Waals surface area (Å²) in [7, 11) is 0. The average Bonchev–Trinajstić information content (AvgIpc) is 3.01. The summed E-state index contributed by atoms with van der Waals surface area (Å²) in [5, 5.41) is 3.03. The Morgan fingerprint density at radius 2 is 2.42 bits per heavy atom. The molecule has 5 heteroatoms. The minimum atomic E-state index is -0.357. The topological polar surface area (TPSA) is 72.9 Å². The fourth-order valence-electron chi connectivity index (χ4n) is 2.72. The van der Waals surface area contributed by atoms with Crippen LogP contribution in [-0.4, -0.2) is 28.0 Å². The Kier molecular flexibility index (Phi) is 4.58. The summed E-state index contributed by atoms with van der Waals surface area (Å²) >= 11 is 0. The van der Waals surface area contributed by atoms with Crippen LogP contribution in [0.3, 0.4) is 0 Å². The quantitative estimate of drug-likeness (QED) is 0.761. The summed E-state index contributed by atoms with van der Waals surface area (Å²) in [6, 6.07) is 0.0125. The van der Waals surface area contributed by atoms with E-state index in [1.165, 1.54) is 0 Å². The zero-order valence-corrected chi connectivity index (χ0v) is 11.6. The average molecular weight is 264 g/mol. The first-order chi connectivity index (χ1) is 9.13. The molecule has 1 aliphatic rings. The van der Waals surface area contributed by atoms with Crippen molar-refractivity contribution >= 4 is 5.91 Å². The Hall–Kier alpha value is -1.36. The lowest BCUT2D eigenvalue weighted by molar-refractivity contribution is -0.130. The van der Waals surface area contributed by atoms with E-state index >= 15 is 0 Å². The summed E-state index contributed by atoms with van der Waals surface area (Å²) in [4.78, 5) is 16.2. The number of hydrogen-bond acceptors (Lipinski definition) is 3. The van der Waals surface area contributed by atoms with Crippen molar-refractivity contribution in [3.63, 3.8) is 0 Å². The second kappa shape index (κ2) is 6.19. The molecule has 2 atom stereocenters. The summed E-state index contributed by atoms with van der Waals surface area (Å²) < 4.78 is 2.05. The minimum absolute atomic E-state index is 0.0125. The van der Waals surface area contributed by atoms with Crippen LogP contribution in [0.2, 0.25) is 0 Å². The van der Waals surface area contributed by atoms with E-state index in [0.717, 1.165) is 45.2 Å². The monoisotopic (exact) mass is 264 g/mol. The molecule has 1 aromatic heterocycles. The van der Waals surface area contributed by atoms with E-state index in [1.807, 2.05) is 19.4 Å². The lowest BCUT2D eigenvalue weighted by atomic mass is 9.84. The fourth-order valence-corrected chi connectivity index (χ4v) is 2.72. The molecule has 1 heterocycles. The normalized spacial score (nSPS) is 26.5. The molecular formula is C14H24N4O. The smallest absolute Gasteiger partial charge is 0.227 e. The molecule has 1 aliphatic carbocycles. The van der Waals surface area contributed by atoms with Crippen LogP contribution in [0.5, 0.6) is 0 Å². The molecule has 0 radical (unpaired) electrons. The van der Waals surface area contributed by atoms with E-state index in [0.29, 0.717) is 0 Å². The van der Waals surface area contributed by atoms with E-state index in [9.17, 15) is 4.79 Å². The molecule has 106 valence electrons. The Morgan fingerprint density at radius 3 is 3.05 bits per heavy atom. The van der Waals surface area contributed by atoms with Crippen molar-refractivity contribution in [2.75, 3.05) is 6.54 Å². The van der Waals surface area contributed by atoms with Gasteiger partial charge in [0, 0.05) is 31.5 Å². The highest BCUT2D eigenvalue weighted by Gasteiger charge is 2.42. The summed E-state index contributed by atoms with van der Waals surface area (Å²) in [5.74, 6) is 0.125. The van der Waals surface area contributed by atoms with Crippen molar-refractivity contribution in [1.29, 1.82) is 0 Å². The molecule has 1 saturated carbocycles. The molecule has 0 saturated heterocycles. The van der Waals surface area contributed by atoms with Crippen molar-refractivity contribution in [2.45, 2.75) is 51.6 Å². The van der Waals surface area contributed by atoms with Crippen LogP contribution >= 0.6 is 0 Å². The van der Waals surface area contributed by atoms with E-state index in [-0.39, 0.29) is 17.4 Å². The molecule has 2 rings (SSSR count). The van der Waals surface area contributed by atoms with Crippen LogP contribution < -0.4 is 11.1 Å². The number of unbranched alkanes of at least 4 members (excludes halogenated alkanes) is 1. The first kappa shape index (κ1) is 14.1. The lowest BCUT2D eigenvalue weighted by Crippen LogP contribution is -2.47. The first-order valence-corrected chi connectivity index (χ1v) is 7.12. The number of nitrogens with two attached hydrogens (primary N) is 1. The minimum Gasteiger partial charge on any atom is -0.356 e. The predicted octanol–water partition coefficient (Wildman–Crippen LogP) is 1.30. The summed E-state index contributed by atoms with van der Waals surface area (Å²) in [6.07, 6.45) is 10.5. The molecule has 1 amide bonds. The second-order valence-electron chi connectivity index (χ2n) is 5.68. The second-order valence-corrected chi connectivity index (χ2v) is 5.68. The number of nitrogens with one attached hydrogen (secondary N) is 1. The van der Waals surface area contributed by atoms with Gasteiger partial charge in [-0.3, -0.25) is 4.79 Å². The van der Waals surface area contributed by atoms with Crippen LogP contribution in [0.4, 0.5) is 0 Å².